The van der Waals surface area contributed by atoms with Gasteiger partial charge < -0.3 is 10.2 Å². The number of nitrogens with one attached hydrogen (secondary N) is 1. The number of thiazole rings is 1. The molecular formula is C16H29N3S. The predicted octanol–water partition coefficient (Wildman–Crippen LogP) is 3.09. The molecule has 1 N–H and O–H groups in total. The van der Waals surface area contributed by atoms with E-state index in [0.29, 0.717) is 5.92 Å². The van der Waals surface area contributed by atoms with Crippen LogP contribution in [0.3, 0.4) is 0 Å². The van der Waals surface area contributed by atoms with Gasteiger partial charge >= 0.3 is 0 Å². The molecule has 1 aromatic rings. The first-order valence-electron chi connectivity index (χ1n) is 8.09. The Morgan fingerprint density at radius 3 is 2.70 bits per heavy atom. The highest BCUT2D eigenvalue weighted by Crippen LogP contribution is 2.20. The van der Waals surface area contributed by atoms with Crippen LogP contribution in [0.2, 0.25) is 0 Å². The third-order valence-corrected chi connectivity index (χ3v) is 4.99. The molecule has 1 saturated heterocycles. The van der Waals surface area contributed by atoms with Crippen LogP contribution in [0, 0.1) is 5.92 Å². The second-order valence-electron chi connectivity index (χ2n) is 6.15. The molecule has 0 amide bonds. The highest BCUT2D eigenvalue weighted by atomic mass is 32.1. The average Bonchev–Trinajstić information content (AvgIpc) is 3.04. The molecule has 1 fully saturated rings. The van der Waals surface area contributed by atoms with Gasteiger partial charge in [0.1, 0.15) is 0 Å². The molecule has 0 spiro atoms. The lowest BCUT2D eigenvalue weighted by Gasteiger charge is -2.12. The molecule has 1 aliphatic heterocycles. The largest absolute Gasteiger partial charge is 0.312 e. The molecule has 1 aliphatic rings. The molecule has 1 aromatic heterocycles. The fraction of sp³-hybridized carbons (Fsp3) is 0.812. The van der Waals surface area contributed by atoms with Crippen molar-refractivity contribution < 1.29 is 0 Å². The van der Waals surface area contributed by atoms with Crippen LogP contribution in [-0.2, 0) is 19.4 Å². The topological polar surface area (TPSA) is 28.2 Å². The molecule has 0 bridgehead atoms. The molecule has 0 saturated carbocycles. The Labute approximate surface area is 127 Å². The lowest BCUT2D eigenvalue weighted by atomic mass is 10.2. The van der Waals surface area contributed by atoms with Gasteiger partial charge in [0.25, 0.3) is 0 Å². The zero-order valence-corrected chi connectivity index (χ0v) is 14.1. The maximum absolute atomic E-state index is 4.84. The zero-order chi connectivity index (χ0) is 14.4. The molecule has 2 heterocycles. The van der Waals surface area contributed by atoms with E-state index in [2.05, 4.69) is 31.0 Å². The third-order valence-electron chi connectivity index (χ3n) is 3.84. The minimum absolute atomic E-state index is 0.711. The zero-order valence-electron chi connectivity index (χ0n) is 13.2. The van der Waals surface area contributed by atoms with Crippen molar-refractivity contribution in [3.8, 4) is 0 Å². The average molecular weight is 295 g/mol. The van der Waals surface area contributed by atoms with E-state index in [0.717, 1.165) is 25.9 Å². The second kappa shape index (κ2) is 8.11. The van der Waals surface area contributed by atoms with Crippen LogP contribution in [0.4, 0.5) is 0 Å². The van der Waals surface area contributed by atoms with Gasteiger partial charge in [-0.2, -0.15) is 0 Å². The summed E-state index contributed by atoms with van der Waals surface area (Å²) in [6, 6.07) is 0. The molecule has 0 radical (unpaired) electrons. The number of rotatable bonds is 8. The van der Waals surface area contributed by atoms with Crippen molar-refractivity contribution in [3.63, 3.8) is 0 Å². The van der Waals surface area contributed by atoms with E-state index in [9.17, 15) is 0 Å². The van der Waals surface area contributed by atoms with Crippen LogP contribution >= 0.6 is 11.3 Å². The van der Waals surface area contributed by atoms with E-state index in [1.54, 1.807) is 0 Å². The number of aryl methyl sites for hydroxylation is 1. The Bertz CT molecular complexity index is 394. The first-order valence-corrected chi connectivity index (χ1v) is 8.91. The molecule has 0 atom stereocenters. The van der Waals surface area contributed by atoms with Crippen LogP contribution in [0.5, 0.6) is 0 Å². The van der Waals surface area contributed by atoms with E-state index in [1.807, 2.05) is 11.3 Å². The molecule has 0 aliphatic carbocycles. The molecule has 0 aromatic carbocycles. The first-order chi connectivity index (χ1) is 9.69. The third kappa shape index (κ3) is 4.83. The highest BCUT2D eigenvalue weighted by Gasteiger charge is 2.14. The van der Waals surface area contributed by atoms with Crippen LogP contribution in [0.25, 0.3) is 0 Å². The van der Waals surface area contributed by atoms with Gasteiger partial charge in [0.05, 0.1) is 10.7 Å². The van der Waals surface area contributed by atoms with E-state index in [4.69, 9.17) is 4.98 Å². The molecule has 2 rings (SSSR count). The number of hydrogen-bond acceptors (Lipinski definition) is 4. The van der Waals surface area contributed by atoms with Crippen molar-refractivity contribution >= 4 is 11.3 Å². The van der Waals surface area contributed by atoms with Crippen molar-refractivity contribution in [1.82, 2.24) is 15.2 Å². The fourth-order valence-electron chi connectivity index (χ4n) is 2.69. The Kier molecular flexibility index (Phi) is 6.46. The van der Waals surface area contributed by atoms with E-state index >= 15 is 0 Å². The van der Waals surface area contributed by atoms with Crippen molar-refractivity contribution in [2.75, 3.05) is 26.2 Å². The van der Waals surface area contributed by atoms with Crippen molar-refractivity contribution in [3.05, 3.63) is 15.6 Å². The standard InChI is InChI=1S/C16H29N3S/c1-4-14-15(12-17-11-13(2)3)20-16(18-14)7-10-19-8-5-6-9-19/h13,17H,4-12H2,1-3H3. The minimum Gasteiger partial charge on any atom is -0.312 e. The van der Waals surface area contributed by atoms with Gasteiger partial charge in [0.15, 0.2) is 0 Å². The minimum atomic E-state index is 0.711. The summed E-state index contributed by atoms with van der Waals surface area (Å²) in [6.07, 6.45) is 4.94. The van der Waals surface area contributed by atoms with Gasteiger partial charge in [-0.15, -0.1) is 11.3 Å². The lowest BCUT2D eigenvalue weighted by molar-refractivity contribution is 0.343. The molecular weight excluding hydrogens is 266 g/mol. The van der Waals surface area contributed by atoms with Crippen LogP contribution in [-0.4, -0.2) is 36.1 Å². The summed E-state index contributed by atoms with van der Waals surface area (Å²) >= 11 is 1.92. The Hall–Kier alpha value is -0.450. The SMILES string of the molecule is CCc1nc(CCN2CCCC2)sc1CNCC(C)C. The summed E-state index contributed by atoms with van der Waals surface area (Å²) in [7, 11) is 0. The van der Waals surface area contributed by atoms with Crippen molar-refractivity contribution in [2.24, 2.45) is 5.92 Å². The summed E-state index contributed by atoms with van der Waals surface area (Å²) in [4.78, 5) is 8.86. The van der Waals surface area contributed by atoms with Gasteiger partial charge in [-0.1, -0.05) is 20.8 Å². The lowest BCUT2D eigenvalue weighted by Crippen LogP contribution is -2.21. The first kappa shape index (κ1) is 15.9. The van der Waals surface area contributed by atoms with Gasteiger partial charge in [0, 0.05) is 24.4 Å². The Morgan fingerprint density at radius 2 is 2.05 bits per heavy atom. The number of likely N-dealkylation sites (tertiary alicyclic amines) is 1. The summed E-state index contributed by atoms with van der Waals surface area (Å²) in [5.41, 5.74) is 1.31. The Balaban J connectivity index is 1.84. The summed E-state index contributed by atoms with van der Waals surface area (Å²) < 4.78 is 0. The van der Waals surface area contributed by atoms with E-state index in [-0.39, 0.29) is 0 Å². The molecule has 0 unspecified atom stereocenters. The summed E-state index contributed by atoms with van der Waals surface area (Å²) in [5.74, 6) is 0.711. The smallest absolute Gasteiger partial charge is 0.0944 e. The van der Waals surface area contributed by atoms with Crippen molar-refractivity contribution in [2.45, 2.75) is 53.0 Å². The quantitative estimate of drug-likeness (QED) is 0.799. The number of hydrogen-bond donors (Lipinski definition) is 1. The fourth-order valence-corrected chi connectivity index (χ4v) is 3.81. The Morgan fingerprint density at radius 1 is 1.30 bits per heavy atom. The van der Waals surface area contributed by atoms with Gasteiger partial charge in [0.2, 0.25) is 0 Å². The summed E-state index contributed by atoms with van der Waals surface area (Å²) in [5, 5.41) is 4.88. The van der Waals surface area contributed by atoms with E-state index in [1.165, 1.54) is 48.1 Å². The summed E-state index contributed by atoms with van der Waals surface area (Å²) in [6.45, 7) is 12.6. The van der Waals surface area contributed by atoms with Gasteiger partial charge in [-0.3, -0.25) is 0 Å². The highest BCUT2D eigenvalue weighted by molar-refractivity contribution is 7.11. The molecule has 114 valence electrons. The normalized spacial score (nSPS) is 16.4. The number of nitrogens with zero attached hydrogens (tertiary/aromatic N) is 2. The van der Waals surface area contributed by atoms with Crippen LogP contribution in [0.1, 0.15) is 49.2 Å². The van der Waals surface area contributed by atoms with Gasteiger partial charge in [-0.25, -0.2) is 4.98 Å². The van der Waals surface area contributed by atoms with Crippen molar-refractivity contribution in [1.29, 1.82) is 0 Å². The van der Waals surface area contributed by atoms with Crippen LogP contribution < -0.4 is 5.32 Å². The molecule has 3 nitrogen and oxygen atoms in total. The second-order valence-corrected chi connectivity index (χ2v) is 7.32. The van der Waals surface area contributed by atoms with Gasteiger partial charge in [-0.05, 0) is 44.8 Å². The molecule has 4 heteroatoms. The maximum Gasteiger partial charge on any atom is 0.0944 e. The van der Waals surface area contributed by atoms with Crippen LogP contribution in [0.15, 0.2) is 0 Å². The predicted molar refractivity (Wildman–Crippen MR) is 87.4 cm³/mol. The maximum atomic E-state index is 4.84. The monoisotopic (exact) mass is 295 g/mol. The van der Waals surface area contributed by atoms with E-state index < -0.39 is 0 Å². The number of aromatic nitrogens is 1. The molecule has 20 heavy (non-hydrogen) atoms.